The summed E-state index contributed by atoms with van der Waals surface area (Å²) >= 11 is 0. The predicted octanol–water partition coefficient (Wildman–Crippen LogP) is 3.29. The van der Waals surface area contributed by atoms with Gasteiger partial charge in [-0.2, -0.15) is 0 Å². The zero-order valence-corrected chi connectivity index (χ0v) is 16.2. The molecule has 0 bridgehead atoms. The van der Waals surface area contributed by atoms with Crippen LogP contribution in [-0.2, 0) is 10.0 Å². The zero-order valence-electron chi connectivity index (χ0n) is 15.4. The summed E-state index contributed by atoms with van der Waals surface area (Å²) in [7, 11) is -0.774. The Bertz CT molecular complexity index is 1120. The average molecular weight is 403 g/mol. The highest BCUT2D eigenvalue weighted by Gasteiger charge is 2.20. The number of nitrogens with one attached hydrogen (secondary N) is 1. The normalized spacial score (nSPS) is 11.6. The summed E-state index contributed by atoms with van der Waals surface area (Å²) in [6.07, 6.45) is 0. The van der Waals surface area contributed by atoms with Gasteiger partial charge in [-0.3, -0.25) is 4.79 Å². The molecule has 0 atom stereocenters. The first-order valence-electron chi connectivity index (χ1n) is 8.25. The Morgan fingerprint density at radius 2 is 1.79 bits per heavy atom. The number of hydrogen-bond acceptors (Lipinski definition) is 5. The summed E-state index contributed by atoms with van der Waals surface area (Å²) in [6.45, 7) is 1.74. The van der Waals surface area contributed by atoms with E-state index in [0.29, 0.717) is 22.6 Å². The van der Waals surface area contributed by atoms with Gasteiger partial charge in [0.15, 0.2) is 11.5 Å². The van der Waals surface area contributed by atoms with Crippen LogP contribution in [0.1, 0.15) is 16.1 Å². The van der Waals surface area contributed by atoms with Crippen LogP contribution < -0.4 is 5.32 Å². The van der Waals surface area contributed by atoms with Crippen LogP contribution in [0.15, 0.2) is 57.9 Å². The lowest BCUT2D eigenvalue weighted by Gasteiger charge is -2.14. The topological polar surface area (TPSA) is 92.5 Å². The number of sulfonamides is 1. The number of anilines is 1. The number of aromatic nitrogens is 1. The largest absolute Gasteiger partial charge is 0.355 e. The van der Waals surface area contributed by atoms with Gasteiger partial charge in [0, 0.05) is 31.4 Å². The van der Waals surface area contributed by atoms with Crippen molar-refractivity contribution in [3.63, 3.8) is 0 Å². The van der Waals surface area contributed by atoms with E-state index in [9.17, 15) is 17.6 Å². The number of benzene rings is 2. The van der Waals surface area contributed by atoms with Crippen LogP contribution in [0.3, 0.4) is 0 Å². The van der Waals surface area contributed by atoms with Crippen LogP contribution >= 0.6 is 0 Å². The number of halogens is 1. The summed E-state index contributed by atoms with van der Waals surface area (Å²) < 4.78 is 43.9. The SMILES string of the molecule is Cc1ccc(S(=O)(=O)N(C)C)cc1NC(=O)c1cc(-c2ccc(F)cc2)on1. The molecule has 1 heterocycles. The van der Waals surface area contributed by atoms with Crippen LogP contribution in [0.5, 0.6) is 0 Å². The van der Waals surface area contributed by atoms with E-state index < -0.39 is 15.9 Å². The van der Waals surface area contributed by atoms with E-state index in [0.717, 1.165) is 4.31 Å². The molecule has 146 valence electrons. The number of carbonyl (C=O) groups is 1. The Morgan fingerprint density at radius 1 is 1.11 bits per heavy atom. The second kappa shape index (κ2) is 7.53. The summed E-state index contributed by atoms with van der Waals surface area (Å²) in [5.41, 5.74) is 1.62. The number of aryl methyl sites for hydroxylation is 1. The van der Waals surface area contributed by atoms with Gasteiger partial charge in [0.25, 0.3) is 5.91 Å². The van der Waals surface area contributed by atoms with Crippen LogP contribution in [0.4, 0.5) is 10.1 Å². The lowest BCUT2D eigenvalue weighted by atomic mass is 10.1. The quantitative estimate of drug-likeness (QED) is 0.706. The maximum absolute atomic E-state index is 13.0. The molecule has 1 aromatic heterocycles. The molecule has 7 nitrogen and oxygen atoms in total. The fourth-order valence-corrected chi connectivity index (χ4v) is 3.35. The Kier molecular flexibility index (Phi) is 5.30. The van der Waals surface area contributed by atoms with Crippen molar-refractivity contribution in [1.82, 2.24) is 9.46 Å². The molecule has 2 aromatic carbocycles. The molecule has 1 N–H and O–H groups in total. The molecule has 3 aromatic rings. The van der Waals surface area contributed by atoms with E-state index >= 15 is 0 Å². The molecule has 0 radical (unpaired) electrons. The van der Waals surface area contributed by atoms with E-state index in [-0.39, 0.29) is 16.4 Å². The molecular weight excluding hydrogens is 385 g/mol. The lowest BCUT2D eigenvalue weighted by Crippen LogP contribution is -2.22. The number of hydrogen-bond donors (Lipinski definition) is 1. The summed E-state index contributed by atoms with van der Waals surface area (Å²) in [4.78, 5) is 12.6. The standard InChI is InChI=1S/C19H18FN3O4S/c1-12-4-9-15(28(25,26)23(2)3)10-16(12)21-19(24)17-11-18(27-22-17)13-5-7-14(20)8-6-13/h4-11H,1-3H3,(H,21,24). The summed E-state index contributed by atoms with van der Waals surface area (Å²) in [6, 6.07) is 11.5. The van der Waals surface area contributed by atoms with Crippen molar-refractivity contribution in [1.29, 1.82) is 0 Å². The fourth-order valence-electron chi connectivity index (χ4n) is 2.43. The number of rotatable bonds is 5. The summed E-state index contributed by atoms with van der Waals surface area (Å²) in [5.74, 6) is -0.630. The van der Waals surface area contributed by atoms with Gasteiger partial charge < -0.3 is 9.84 Å². The minimum absolute atomic E-state index is 0.0135. The Hall–Kier alpha value is -3.04. The maximum Gasteiger partial charge on any atom is 0.277 e. The van der Waals surface area contributed by atoms with Crippen molar-refractivity contribution < 1.29 is 22.1 Å². The highest BCUT2D eigenvalue weighted by Crippen LogP contribution is 2.24. The molecule has 1 amide bonds. The molecule has 0 spiro atoms. The van der Waals surface area contributed by atoms with E-state index in [4.69, 9.17) is 4.52 Å². The second-order valence-corrected chi connectivity index (χ2v) is 8.45. The van der Waals surface area contributed by atoms with Crippen molar-refractivity contribution >= 4 is 21.6 Å². The van der Waals surface area contributed by atoms with E-state index in [1.807, 2.05) is 0 Å². The molecule has 0 aliphatic rings. The highest BCUT2D eigenvalue weighted by atomic mass is 32.2. The lowest BCUT2D eigenvalue weighted by molar-refractivity contribution is 0.101. The van der Waals surface area contributed by atoms with Gasteiger partial charge in [-0.25, -0.2) is 17.1 Å². The molecule has 28 heavy (non-hydrogen) atoms. The maximum atomic E-state index is 13.0. The smallest absolute Gasteiger partial charge is 0.277 e. The third kappa shape index (κ3) is 3.95. The van der Waals surface area contributed by atoms with Crippen molar-refractivity contribution in [2.24, 2.45) is 0 Å². The predicted molar refractivity (Wildman–Crippen MR) is 102 cm³/mol. The van der Waals surface area contributed by atoms with Crippen LogP contribution in [-0.4, -0.2) is 37.9 Å². The molecule has 0 saturated heterocycles. The van der Waals surface area contributed by atoms with Gasteiger partial charge in [0.05, 0.1) is 4.90 Å². The van der Waals surface area contributed by atoms with Crippen molar-refractivity contribution in [3.8, 4) is 11.3 Å². The van der Waals surface area contributed by atoms with Gasteiger partial charge in [0.1, 0.15) is 5.82 Å². The van der Waals surface area contributed by atoms with Gasteiger partial charge >= 0.3 is 0 Å². The van der Waals surface area contributed by atoms with Crippen LogP contribution in [0, 0.1) is 12.7 Å². The molecule has 0 unspecified atom stereocenters. The van der Waals surface area contributed by atoms with E-state index in [1.54, 1.807) is 13.0 Å². The highest BCUT2D eigenvalue weighted by molar-refractivity contribution is 7.89. The van der Waals surface area contributed by atoms with Crippen molar-refractivity contribution in [3.05, 3.63) is 65.6 Å². The molecular formula is C19H18FN3O4S. The van der Waals surface area contributed by atoms with Crippen LogP contribution in [0.25, 0.3) is 11.3 Å². The second-order valence-electron chi connectivity index (χ2n) is 6.30. The minimum atomic E-state index is -3.63. The Morgan fingerprint density at radius 3 is 2.43 bits per heavy atom. The first kappa shape index (κ1) is 19.7. The van der Waals surface area contributed by atoms with E-state index in [2.05, 4.69) is 10.5 Å². The molecule has 0 saturated carbocycles. The molecule has 9 heteroatoms. The summed E-state index contributed by atoms with van der Waals surface area (Å²) in [5, 5.41) is 6.38. The van der Waals surface area contributed by atoms with Crippen LogP contribution in [0.2, 0.25) is 0 Å². The fraction of sp³-hybridized carbons (Fsp3) is 0.158. The molecule has 0 fully saturated rings. The van der Waals surface area contributed by atoms with Crippen molar-refractivity contribution in [2.45, 2.75) is 11.8 Å². The number of nitrogens with zero attached hydrogens (tertiary/aromatic N) is 2. The van der Waals surface area contributed by atoms with Crippen molar-refractivity contribution in [2.75, 3.05) is 19.4 Å². The first-order valence-corrected chi connectivity index (χ1v) is 9.69. The number of carbonyl (C=O) groups excluding carboxylic acids is 1. The Labute approximate surface area is 161 Å². The first-order chi connectivity index (χ1) is 13.2. The zero-order chi connectivity index (χ0) is 20.5. The molecule has 0 aliphatic carbocycles. The molecule has 3 rings (SSSR count). The molecule has 0 aliphatic heterocycles. The van der Waals surface area contributed by atoms with Gasteiger partial charge in [-0.05, 0) is 48.9 Å². The third-order valence-corrected chi connectivity index (χ3v) is 5.92. The number of amides is 1. The monoisotopic (exact) mass is 403 g/mol. The third-order valence-electron chi connectivity index (χ3n) is 4.11. The Balaban J connectivity index is 1.85. The van der Waals surface area contributed by atoms with Gasteiger partial charge in [-0.1, -0.05) is 11.2 Å². The van der Waals surface area contributed by atoms with Gasteiger partial charge in [-0.15, -0.1) is 0 Å². The minimum Gasteiger partial charge on any atom is -0.355 e. The van der Waals surface area contributed by atoms with Gasteiger partial charge in [0.2, 0.25) is 10.0 Å². The average Bonchev–Trinajstić information content (AvgIpc) is 3.14. The van der Waals surface area contributed by atoms with E-state index in [1.165, 1.54) is 56.6 Å².